The van der Waals surface area contributed by atoms with Crippen LogP contribution in [-0.4, -0.2) is 141 Å². The summed E-state index contributed by atoms with van der Waals surface area (Å²) in [6.45, 7) is 20.1. The van der Waals surface area contributed by atoms with Gasteiger partial charge in [0.2, 0.25) is 0 Å². The number of ether oxygens (including phenoxy) is 1. The summed E-state index contributed by atoms with van der Waals surface area (Å²) in [6.07, 6.45) is 44.8. The zero-order valence-electron chi connectivity index (χ0n) is 75.0. The van der Waals surface area contributed by atoms with Gasteiger partial charge < -0.3 is 32.2 Å². The van der Waals surface area contributed by atoms with Crippen LogP contribution in [0.4, 0.5) is 0 Å². The minimum Gasteiger partial charge on any atom is -0.492 e. The van der Waals surface area contributed by atoms with E-state index >= 15 is 0 Å². The maximum absolute atomic E-state index is 6.33. The molecule has 19 heteroatoms. The Kier molecular flexibility index (Phi) is 28.3. The number of hydrogen-bond donors (Lipinski definition) is 0. The molecule has 6 aliphatic rings. The molecule has 19 nitrogen and oxygen atoms in total. The van der Waals surface area contributed by atoms with Crippen LogP contribution in [0, 0.1) is 0 Å². The summed E-state index contributed by atoms with van der Waals surface area (Å²) in [4.78, 5) is 54.0. The Morgan fingerprint density at radius 3 is 1.12 bits per heavy atom. The van der Waals surface area contributed by atoms with Gasteiger partial charge in [-0.3, -0.25) is 59.5 Å². The van der Waals surface area contributed by atoms with Crippen molar-refractivity contribution in [3.8, 4) is 5.75 Å². The van der Waals surface area contributed by atoms with E-state index in [0.717, 1.165) is 203 Å². The number of rotatable bonds is 28. The van der Waals surface area contributed by atoms with Gasteiger partial charge >= 0.3 is 0 Å². The van der Waals surface area contributed by atoms with Gasteiger partial charge in [-0.25, -0.2) is 0 Å². The van der Waals surface area contributed by atoms with E-state index in [2.05, 4.69) is 163 Å². The van der Waals surface area contributed by atoms with Crippen molar-refractivity contribution in [1.82, 2.24) is 69.3 Å². The lowest BCUT2D eigenvalue weighted by Gasteiger charge is -2.35. The first-order valence-electron chi connectivity index (χ1n) is 48.2. The fourth-order valence-corrected chi connectivity index (χ4v) is 21.2. The van der Waals surface area contributed by atoms with Gasteiger partial charge in [-0.05, 0) is 257 Å². The molecule has 0 unspecified atom stereocenters. The van der Waals surface area contributed by atoms with Gasteiger partial charge in [-0.2, -0.15) is 0 Å². The molecule has 2 fully saturated rings. The summed E-state index contributed by atoms with van der Waals surface area (Å²) in [5.41, 5.74) is 20.6. The fourth-order valence-electron chi connectivity index (χ4n) is 21.2. The Labute approximate surface area is 752 Å². The Morgan fingerprint density at radius 1 is 0.312 bits per heavy atom. The smallest absolute Gasteiger partial charge is 0.158 e. The van der Waals surface area contributed by atoms with Crippen molar-refractivity contribution in [2.75, 3.05) is 72.1 Å². The van der Waals surface area contributed by atoms with E-state index in [1.807, 2.05) is 104 Å². The third-order valence-electron chi connectivity index (χ3n) is 27.7. The summed E-state index contributed by atoms with van der Waals surface area (Å²) in [6, 6.07) is 59.9. The second-order valence-electron chi connectivity index (χ2n) is 36.2. The van der Waals surface area contributed by atoms with E-state index in [4.69, 9.17) is 57.3 Å². The second kappa shape index (κ2) is 41.9. The SMILES string of the molecule is CCCCCN(Cc1cc2c(cn1)oc1ccccc12)[C@H]1CCCc2cccnc21.CCCCCN(Cc1nccc2c1oc1ccccc12)[C@H]1CCOc2cccnc21.c1cnc2c(c1)CCC[C@@H]2N(CCCN1CCCCC1)Cc1cc2c(cn1)oc1ccccc12.c1cnc2c(c1)CCC[C@@H]2N(CCCN1CCCCC1)Cc1nccc2c1oc1ccccc12. The van der Waals surface area contributed by atoms with Crippen molar-refractivity contribution >= 4 is 87.8 Å². The third-order valence-corrected chi connectivity index (χ3v) is 27.7. The van der Waals surface area contributed by atoms with Gasteiger partial charge in [0.05, 0.1) is 88.7 Å². The Balaban J connectivity index is 0.000000111. The zero-order chi connectivity index (χ0) is 86.2. The van der Waals surface area contributed by atoms with E-state index in [9.17, 15) is 0 Å². The molecule has 0 N–H and O–H groups in total. The molecular weight excluding hydrogens is 1590 g/mol. The summed E-state index contributed by atoms with van der Waals surface area (Å²) < 4.78 is 30.4. The van der Waals surface area contributed by atoms with Crippen molar-refractivity contribution in [3.05, 3.63) is 282 Å². The standard InChI is InChI=1S/2C29H34N4O.C26H29N3O.C25H27N3O2/c1-4-17-32(18-5-1)19-8-20-33(26-12-6-9-22-10-7-15-31-28(22)26)21-25-29-24(14-16-30-25)23-11-2-3-13-27(23)34-29;1-4-15-32(16-5-1)17-8-18-33(26-12-6-9-22-10-7-14-30-29(22)26)21-23-19-25-24-11-2-3-13-27(24)34-28(25)20-31-23;1-2-3-6-15-29(23-12-7-9-19-10-8-14-27-26(19)23)18-20-16-22-21-11-4-5-13-24(21)30-25(22)17-28-20;1-2-3-6-15-28(21-12-16-29-23-10-7-13-27-24(21)23)17-20-25-19(11-14-26-20)18-8-4-5-9-22(18)30-25/h2-3,7,10-11,13-16,26H,1,4-6,8-9,12,17-21H2;2-3,7,10-11,13-14,19-20,26H,1,4-6,8-9,12,15-18,21H2;4-5,8,10-11,13-14,16-17,23H,2-3,6-7,9,12,15,18H2,1H3;4-5,7-11,13-14,21H,2-3,6,12,15-17H2,1H3/t2*26-;23-;21-/m0000/s1. The summed E-state index contributed by atoms with van der Waals surface area (Å²) in [7, 11) is 0. The lowest BCUT2D eigenvalue weighted by Crippen LogP contribution is -2.36. The van der Waals surface area contributed by atoms with Crippen LogP contribution in [0.15, 0.2) is 237 Å². The number of benzene rings is 4. The summed E-state index contributed by atoms with van der Waals surface area (Å²) >= 11 is 0. The van der Waals surface area contributed by atoms with Crippen LogP contribution in [0.2, 0.25) is 0 Å². The van der Waals surface area contributed by atoms with Gasteiger partial charge in [0.15, 0.2) is 22.3 Å². The van der Waals surface area contributed by atoms with Crippen molar-refractivity contribution < 1.29 is 22.4 Å². The first-order chi connectivity index (χ1) is 63.4. The largest absolute Gasteiger partial charge is 0.492 e. The number of pyridine rings is 8. The summed E-state index contributed by atoms with van der Waals surface area (Å²) in [5.74, 6) is 0.907. The number of likely N-dealkylation sites (tertiary alicyclic amines) is 2. The minimum atomic E-state index is 0.230. The number of unbranched alkanes of at least 4 members (excludes halogenated alkanes) is 4. The van der Waals surface area contributed by atoms with Gasteiger partial charge in [0.25, 0.3) is 0 Å². The molecular formula is C109H124N14O5. The van der Waals surface area contributed by atoms with Gasteiger partial charge in [-0.15, -0.1) is 0 Å². The Morgan fingerprint density at radius 2 is 0.688 bits per heavy atom. The zero-order valence-corrected chi connectivity index (χ0v) is 75.0. The van der Waals surface area contributed by atoms with Crippen molar-refractivity contribution in [2.24, 2.45) is 0 Å². The van der Waals surface area contributed by atoms with Crippen LogP contribution >= 0.6 is 0 Å². The lowest BCUT2D eigenvalue weighted by molar-refractivity contribution is 0.125. The maximum Gasteiger partial charge on any atom is 0.158 e. The number of aromatic nitrogens is 8. The molecule has 12 aromatic heterocycles. The monoisotopic (exact) mass is 1710 g/mol. The molecule has 15 heterocycles. The quantitative estimate of drug-likeness (QED) is 0.0421. The second-order valence-corrected chi connectivity index (χ2v) is 36.2. The van der Waals surface area contributed by atoms with E-state index < -0.39 is 0 Å². The Bertz CT molecular complexity index is 6320. The maximum atomic E-state index is 6.33. The lowest BCUT2D eigenvalue weighted by atomic mass is 9.90. The molecule has 3 aliphatic carbocycles. The highest BCUT2D eigenvalue weighted by molar-refractivity contribution is 6.07. The van der Waals surface area contributed by atoms with Crippen molar-refractivity contribution in [1.29, 1.82) is 0 Å². The highest BCUT2D eigenvalue weighted by Gasteiger charge is 2.34. The number of nitrogens with zero attached hydrogens (tertiary/aromatic N) is 14. The molecule has 0 radical (unpaired) electrons. The van der Waals surface area contributed by atoms with Crippen LogP contribution in [0.3, 0.4) is 0 Å². The molecule has 2 saturated heterocycles. The number of aryl methyl sites for hydroxylation is 3. The molecule has 4 atom stereocenters. The molecule has 0 spiro atoms. The number of piperidine rings is 2. The normalized spacial score (nSPS) is 17.8. The topological polar surface area (TPSA) is 184 Å². The van der Waals surface area contributed by atoms with Gasteiger partial charge in [0, 0.05) is 126 Å². The van der Waals surface area contributed by atoms with Gasteiger partial charge in [0.1, 0.15) is 28.1 Å². The predicted molar refractivity (Wildman–Crippen MR) is 513 cm³/mol. The van der Waals surface area contributed by atoms with Crippen LogP contribution in [0.25, 0.3) is 87.8 Å². The van der Waals surface area contributed by atoms with E-state index in [1.54, 1.807) is 0 Å². The molecule has 128 heavy (non-hydrogen) atoms. The first-order valence-corrected chi connectivity index (χ1v) is 48.2. The molecule has 660 valence electrons. The molecule has 0 amide bonds. The molecule has 0 bridgehead atoms. The summed E-state index contributed by atoms with van der Waals surface area (Å²) in [5, 5.41) is 9.27. The van der Waals surface area contributed by atoms with Gasteiger partial charge in [-0.1, -0.05) is 143 Å². The average Bonchev–Trinajstić information content (AvgIpc) is 1.60. The van der Waals surface area contributed by atoms with Crippen LogP contribution in [0.1, 0.15) is 235 Å². The van der Waals surface area contributed by atoms with Crippen LogP contribution in [0.5, 0.6) is 5.75 Å². The average molecular weight is 1710 g/mol. The van der Waals surface area contributed by atoms with E-state index in [-0.39, 0.29) is 6.04 Å². The Hall–Kier alpha value is -11.2. The van der Waals surface area contributed by atoms with E-state index in [1.165, 1.54) is 205 Å². The van der Waals surface area contributed by atoms with Crippen molar-refractivity contribution in [3.63, 3.8) is 0 Å². The number of furan rings is 4. The third kappa shape index (κ3) is 20.0. The number of hydrogen-bond acceptors (Lipinski definition) is 19. The minimum absolute atomic E-state index is 0.230. The van der Waals surface area contributed by atoms with Crippen LogP contribution < -0.4 is 4.74 Å². The fraction of sp³-hybridized carbons (Fsp3) is 0.413. The molecule has 4 aromatic carbocycles. The highest BCUT2D eigenvalue weighted by atomic mass is 16.5. The van der Waals surface area contributed by atoms with Crippen molar-refractivity contribution in [2.45, 2.75) is 218 Å². The number of para-hydroxylation sites is 4. The van der Waals surface area contributed by atoms with Crippen LogP contribution in [-0.2, 0) is 45.4 Å². The predicted octanol–water partition coefficient (Wildman–Crippen LogP) is 24.6. The van der Waals surface area contributed by atoms with E-state index in [0.29, 0.717) is 18.1 Å². The molecule has 3 aliphatic heterocycles. The molecule has 0 saturated carbocycles. The highest BCUT2D eigenvalue weighted by Crippen LogP contribution is 2.42. The molecule has 16 aromatic rings. The number of fused-ring (bicyclic) bond motifs is 16. The molecule has 22 rings (SSSR count). The first kappa shape index (κ1) is 86.2.